The van der Waals surface area contributed by atoms with E-state index in [1.807, 2.05) is 0 Å². The minimum atomic E-state index is -0.556. The number of allylic oxidation sites excluding steroid dienone is 2. The van der Waals surface area contributed by atoms with Crippen LogP contribution in [0.15, 0.2) is 60.7 Å². The Kier molecular flexibility index (Phi) is 6.19. The quantitative estimate of drug-likeness (QED) is 0.419. The molecule has 23 heavy (non-hydrogen) atoms. The zero-order chi connectivity index (χ0) is 16.1. The Balaban J connectivity index is 0.000000485. The molecule has 2 unspecified atom stereocenters. The van der Waals surface area contributed by atoms with Crippen molar-refractivity contribution in [2.75, 3.05) is 0 Å². The molecule has 0 nitrogen and oxygen atoms in total. The summed E-state index contributed by atoms with van der Waals surface area (Å²) in [4.78, 5) is 0. The summed E-state index contributed by atoms with van der Waals surface area (Å²) in [5, 5.41) is 0. The van der Waals surface area contributed by atoms with Crippen LogP contribution in [0.5, 0.6) is 0 Å². The van der Waals surface area contributed by atoms with E-state index in [1.54, 1.807) is 0 Å². The fourth-order valence-electron chi connectivity index (χ4n) is 3.31. The topological polar surface area (TPSA) is 0 Å². The first-order valence-electron chi connectivity index (χ1n) is 7.67. The first-order valence-corrected chi connectivity index (χ1v) is 12.0. The van der Waals surface area contributed by atoms with Crippen molar-refractivity contribution in [2.45, 2.75) is 18.3 Å². The number of halogens is 2. The van der Waals surface area contributed by atoms with Gasteiger partial charge in [-0.3, -0.25) is 0 Å². The van der Waals surface area contributed by atoms with Crippen LogP contribution in [0.25, 0.3) is 12.2 Å². The molecule has 0 radical (unpaired) electrons. The summed E-state index contributed by atoms with van der Waals surface area (Å²) in [6.45, 7) is 0. The molecule has 0 heterocycles. The van der Waals surface area contributed by atoms with E-state index in [4.69, 9.17) is 18.6 Å². The van der Waals surface area contributed by atoms with Gasteiger partial charge < -0.3 is 6.42 Å². The van der Waals surface area contributed by atoms with Gasteiger partial charge in [-0.05, 0) is 22.6 Å². The Labute approximate surface area is 154 Å². The van der Waals surface area contributed by atoms with Gasteiger partial charge in [0.25, 0.3) is 0 Å². The summed E-state index contributed by atoms with van der Waals surface area (Å²) < 4.78 is 0. The van der Waals surface area contributed by atoms with Crippen LogP contribution < -0.4 is 0 Å². The summed E-state index contributed by atoms with van der Waals surface area (Å²) in [5.41, 5.74) is 5.67. The molecule has 0 aliphatic heterocycles. The van der Waals surface area contributed by atoms with Gasteiger partial charge in [0.2, 0.25) is 0 Å². The third-order valence-corrected chi connectivity index (χ3v) is 4.39. The van der Waals surface area contributed by atoms with Crippen molar-refractivity contribution in [2.24, 2.45) is 0 Å². The van der Waals surface area contributed by atoms with E-state index >= 15 is 0 Å². The van der Waals surface area contributed by atoms with E-state index in [9.17, 15) is 0 Å². The molecule has 0 aromatic heterocycles. The van der Waals surface area contributed by atoms with Gasteiger partial charge in [0.15, 0.2) is 0 Å². The summed E-state index contributed by atoms with van der Waals surface area (Å²) in [6.07, 6.45) is 12.7. The average molecular weight is 376 g/mol. The van der Waals surface area contributed by atoms with Gasteiger partial charge in [-0.1, -0.05) is 72.3 Å². The van der Waals surface area contributed by atoms with Gasteiger partial charge in [0.1, 0.15) is 0 Å². The second-order valence-electron chi connectivity index (χ2n) is 5.65. The van der Waals surface area contributed by atoms with E-state index in [-0.39, 0.29) is 0 Å². The summed E-state index contributed by atoms with van der Waals surface area (Å²) >= 11 is -0.556. The van der Waals surface area contributed by atoms with Crippen LogP contribution in [0.1, 0.15) is 40.5 Å². The monoisotopic (exact) mass is 375 g/mol. The number of fused-ring (bicyclic) bond motifs is 2. The van der Waals surface area contributed by atoms with Gasteiger partial charge >= 0.3 is 35.6 Å². The first kappa shape index (κ1) is 17.1. The van der Waals surface area contributed by atoms with Crippen molar-refractivity contribution in [1.82, 2.24) is 0 Å². The van der Waals surface area contributed by atoms with Gasteiger partial charge in [-0.2, -0.15) is 6.42 Å². The predicted octanol–water partition coefficient (Wildman–Crippen LogP) is 6.58. The van der Waals surface area contributed by atoms with Crippen LogP contribution in [0.2, 0.25) is 0 Å². The van der Waals surface area contributed by atoms with Gasteiger partial charge in [0.05, 0.1) is 0 Å². The maximum atomic E-state index is 4.89. The SMILES string of the molecule is C1=CC([CH-]CC2C=Cc3ccccc32)c2ccccc21.[Cl][Ti][Cl]. The maximum absolute atomic E-state index is 4.89. The molecular weight excluding hydrogens is 359 g/mol. The van der Waals surface area contributed by atoms with Crippen LogP contribution in [-0.2, 0) is 17.0 Å². The van der Waals surface area contributed by atoms with Crippen LogP contribution in [0.3, 0.4) is 0 Å². The Morgan fingerprint density at radius 1 is 0.826 bits per heavy atom. The second kappa shape index (κ2) is 8.35. The summed E-state index contributed by atoms with van der Waals surface area (Å²) in [7, 11) is 9.78. The minimum absolute atomic E-state index is 0.479. The normalized spacial score (nSPS) is 19.7. The average Bonchev–Trinajstić information content (AvgIpc) is 3.18. The van der Waals surface area contributed by atoms with E-state index in [0.717, 1.165) is 6.42 Å². The molecule has 0 spiro atoms. The molecule has 2 aliphatic rings. The second-order valence-corrected chi connectivity index (χ2v) is 8.23. The molecule has 0 saturated carbocycles. The number of rotatable bonds is 3. The fourth-order valence-corrected chi connectivity index (χ4v) is 3.31. The Hall–Kier alpha value is -0.786. The Morgan fingerprint density at radius 3 is 2.13 bits per heavy atom. The van der Waals surface area contributed by atoms with Crippen molar-refractivity contribution in [3.05, 3.63) is 89.4 Å². The molecule has 0 N–H and O–H groups in total. The van der Waals surface area contributed by atoms with Gasteiger partial charge in [0, 0.05) is 0 Å². The van der Waals surface area contributed by atoms with Crippen LogP contribution in [-0.4, -0.2) is 0 Å². The fraction of sp³-hybridized carbons (Fsp3) is 0.150. The summed E-state index contributed by atoms with van der Waals surface area (Å²) in [5.74, 6) is 1.03. The number of benzene rings is 2. The van der Waals surface area contributed by atoms with Crippen molar-refractivity contribution >= 4 is 30.8 Å². The van der Waals surface area contributed by atoms with E-state index in [1.165, 1.54) is 22.3 Å². The Bertz CT molecular complexity index is 660. The zero-order valence-electron chi connectivity index (χ0n) is 12.6. The van der Waals surface area contributed by atoms with Crippen molar-refractivity contribution in [3.8, 4) is 0 Å². The summed E-state index contributed by atoms with van der Waals surface area (Å²) in [6, 6.07) is 17.4. The van der Waals surface area contributed by atoms with Crippen molar-refractivity contribution < 1.29 is 17.0 Å². The van der Waals surface area contributed by atoms with Crippen molar-refractivity contribution in [3.63, 3.8) is 0 Å². The van der Waals surface area contributed by atoms with Crippen LogP contribution in [0.4, 0.5) is 0 Å². The molecule has 2 aliphatic carbocycles. The molecule has 0 saturated heterocycles. The number of hydrogen-bond acceptors (Lipinski definition) is 0. The van der Waals surface area contributed by atoms with E-state index < -0.39 is 17.0 Å². The molecule has 2 atom stereocenters. The molecule has 116 valence electrons. The molecule has 0 fully saturated rings. The Morgan fingerprint density at radius 2 is 1.39 bits per heavy atom. The number of hydrogen-bond donors (Lipinski definition) is 0. The van der Waals surface area contributed by atoms with E-state index in [0.29, 0.717) is 11.8 Å². The van der Waals surface area contributed by atoms with Crippen molar-refractivity contribution in [1.29, 1.82) is 0 Å². The molecular formula is C20H17Cl2Ti-. The van der Waals surface area contributed by atoms with Gasteiger partial charge in [-0.25, -0.2) is 0 Å². The first-order chi connectivity index (χ1) is 11.3. The third-order valence-electron chi connectivity index (χ3n) is 4.39. The molecule has 2 aromatic carbocycles. The molecule has 0 bridgehead atoms. The zero-order valence-corrected chi connectivity index (χ0v) is 15.7. The van der Waals surface area contributed by atoms with Crippen LogP contribution >= 0.6 is 18.6 Å². The predicted molar refractivity (Wildman–Crippen MR) is 97.1 cm³/mol. The molecule has 4 rings (SSSR count). The van der Waals surface area contributed by atoms with Gasteiger partial charge in [-0.15, -0.1) is 12.0 Å². The third kappa shape index (κ3) is 4.01. The molecule has 0 amide bonds. The molecule has 2 aromatic rings. The standard InChI is InChI=1S/C20H17.2ClH.Ti/c1-3-7-19-15(5-1)9-11-17(19)13-14-18-12-10-16-6-2-4-8-20(16)18;;;/h1-13,17-18H,14H2;2*1H;/q-1;;;+2/p-2. The molecule has 3 heteroatoms. The van der Waals surface area contributed by atoms with Crippen LogP contribution in [0, 0.1) is 6.42 Å². The van der Waals surface area contributed by atoms with E-state index in [2.05, 4.69) is 79.3 Å².